The van der Waals surface area contributed by atoms with Crippen molar-refractivity contribution in [3.8, 4) is 6.07 Å². The number of nitrogens with one attached hydrogen (secondary N) is 1. The minimum absolute atomic E-state index is 0.0819. The van der Waals surface area contributed by atoms with Gasteiger partial charge in [0.05, 0.1) is 33.9 Å². The standard InChI is InChI=1S/C18H17Cl3O3S.C5H6N2O2/c19-13-3-1-12(2-4-13)11-24-15-6-7-16(10-15)25(22,23)18-8-5-14(20)9-17(18)21;6-3-5(1-2-5)7-4(8)9/h1-5,8-9,15-16H,6-7,10-11H2;7H,1-2H2,(H,8,9)/t15-,16-;/m1./s1. The molecule has 0 bridgehead atoms. The molecule has 0 unspecified atom stereocenters. The SMILES string of the molecule is N#CC1(NC(=O)O)CC1.O=S(=O)(c1ccc(Cl)cc1Cl)[C@@H]1CC[C@@H](OCc2ccc(Cl)cc2)C1. The number of halogens is 3. The topological polar surface area (TPSA) is 116 Å². The van der Waals surface area contributed by atoms with E-state index in [1.54, 1.807) is 6.07 Å². The number of hydrogen-bond donors (Lipinski definition) is 2. The number of benzene rings is 2. The van der Waals surface area contributed by atoms with Gasteiger partial charge in [-0.1, -0.05) is 46.9 Å². The van der Waals surface area contributed by atoms with Crippen LogP contribution >= 0.6 is 34.8 Å². The Bertz CT molecular complexity index is 1180. The molecule has 0 aromatic heterocycles. The fourth-order valence-electron chi connectivity index (χ4n) is 3.61. The van der Waals surface area contributed by atoms with Gasteiger partial charge in [0.15, 0.2) is 9.84 Å². The van der Waals surface area contributed by atoms with E-state index in [-0.39, 0.29) is 16.0 Å². The normalized spacial score (nSPS) is 20.5. The van der Waals surface area contributed by atoms with E-state index in [4.69, 9.17) is 49.9 Å². The molecule has 0 heterocycles. The number of nitriles is 1. The number of sulfone groups is 1. The lowest BCUT2D eigenvalue weighted by molar-refractivity contribution is 0.0458. The molecule has 7 nitrogen and oxygen atoms in total. The molecular weight excluding hydrogens is 523 g/mol. The summed E-state index contributed by atoms with van der Waals surface area (Å²) in [6.45, 7) is 0.441. The predicted octanol–water partition coefficient (Wildman–Crippen LogP) is 5.87. The maximum Gasteiger partial charge on any atom is 0.405 e. The zero-order valence-corrected chi connectivity index (χ0v) is 21.1. The zero-order valence-electron chi connectivity index (χ0n) is 18.0. The van der Waals surface area contributed by atoms with Gasteiger partial charge in [-0.25, -0.2) is 13.2 Å². The summed E-state index contributed by atoms with van der Waals surface area (Å²) in [4.78, 5) is 10.1. The third-order valence-corrected chi connectivity index (χ3v) is 8.87. The Hall–Kier alpha value is -2.02. The molecule has 182 valence electrons. The first kappa shape index (κ1) is 26.6. The number of ether oxygens (including phenoxy) is 1. The highest BCUT2D eigenvalue weighted by Gasteiger charge is 2.44. The molecule has 2 atom stereocenters. The highest BCUT2D eigenvalue weighted by molar-refractivity contribution is 7.92. The van der Waals surface area contributed by atoms with Crippen molar-refractivity contribution < 1.29 is 23.1 Å². The van der Waals surface area contributed by atoms with Gasteiger partial charge in [-0.05, 0) is 68.0 Å². The van der Waals surface area contributed by atoms with Crippen molar-refractivity contribution in [2.75, 3.05) is 0 Å². The molecule has 2 N–H and O–H groups in total. The minimum Gasteiger partial charge on any atom is -0.465 e. The van der Waals surface area contributed by atoms with E-state index < -0.39 is 26.7 Å². The Morgan fingerprint density at radius 2 is 1.76 bits per heavy atom. The number of amides is 1. The summed E-state index contributed by atoms with van der Waals surface area (Å²) in [5.74, 6) is 0. The number of carbonyl (C=O) groups is 1. The Morgan fingerprint density at radius 3 is 2.29 bits per heavy atom. The second-order valence-corrected chi connectivity index (χ2v) is 11.7. The molecule has 2 aromatic rings. The number of nitrogens with zero attached hydrogens (tertiary/aromatic N) is 1. The fourth-order valence-corrected chi connectivity index (χ4v) is 6.33. The third-order valence-electron chi connectivity index (χ3n) is 5.68. The maximum absolute atomic E-state index is 12.8. The smallest absolute Gasteiger partial charge is 0.405 e. The first-order chi connectivity index (χ1) is 16.0. The van der Waals surface area contributed by atoms with Crippen molar-refractivity contribution in [1.29, 1.82) is 5.26 Å². The monoisotopic (exact) mass is 544 g/mol. The Labute approximate surface area is 213 Å². The van der Waals surface area contributed by atoms with Crippen LogP contribution < -0.4 is 5.32 Å². The first-order valence-corrected chi connectivity index (χ1v) is 13.2. The van der Waals surface area contributed by atoms with Crippen LogP contribution in [-0.4, -0.2) is 36.5 Å². The van der Waals surface area contributed by atoms with Gasteiger partial charge < -0.3 is 15.2 Å². The lowest BCUT2D eigenvalue weighted by Crippen LogP contribution is -2.33. The average Bonchev–Trinajstić information content (AvgIpc) is 3.36. The molecule has 0 aliphatic heterocycles. The largest absolute Gasteiger partial charge is 0.465 e. The van der Waals surface area contributed by atoms with E-state index in [2.05, 4.69) is 5.32 Å². The fraction of sp³-hybridized carbons (Fsp3) is 0.391. The molecular formula is C23H23Cl3N2O5S. The second kappa shape index (κ2) is 11.1. The molecule has 34 heavy (non-hydrogen) atoms. The summed E-state index contributed by atoms with van der Waals surface area (Å²) in [7, 11) is -3.50. The van der Waals surface area contributed by atoms with Crippen LogP contribution in [0.4, 0.5) is 4.79 Å². The highest BCUT2D eigenvalue weighted by atomic mass is 35.5. The van der Waals surface area contributed by atoms with Gasteiger partial charge in [0, 0.05) is 10.0 Å². The third kappa shape index (κ3) is 7.00. The van der Waals surface area contributed by atoms with E-state index in [9.17, 15) is 13.2 Å². The molecule has 2 aromatic carbocycles. The summed E-state index contributed by atoms with van der Waals surface area (Å²) in [5.41, 5.74) is 0.280. The summed E-state index contributed by atoms with van der Waals surface area (Å²) in [6, 6.07) is 13.8. The lowest BCUT2D eigenvalue weighted by Gasteiger charge is -2.15. The van der Waals surface area contributed by atoms with E-state index >= 15 is 0 Å². The van der Waals surface area contributed by atoms with Gasteiger partial charge in [0.2, 0.25) is 0 Å². The van der Waals surface area contributed by atoms with Crippen molar-refractivity contribution in [3.63, 3.8) is 0 Å². The van der Waals surface area contributed by atoms with Crippen LogP contribution in [0.1, 0.15) is 37.7 Å². The van der Waals surface area contributed by atoms with E-state index in [0.29, 0.717) is 48.8 Å². The van der Waals surface area contributed by atoms with Crippen LogP contribution in [0, 0.1) is 11.3 Å². The first-order valence-electron chi connectivity index (χ1n) is 10.5. The van der Waals surface area contributed by atoms with E-state index in [0.717, 1.165) is 5.56 Å². The second-order valence-electron chi connectivity index (χ2n) is 8.24. The van der Waals surface area contributed by atoms with Crippen molar-refractivity contribution in [3.05, 3.63) is 63.1 Å². The van der Waals surface area contributed by atoms with Crippen molar-refractivity contribution in [1.82, 2.24) is 5.32 Å². The molecule has 2 aliphatic rings. The van der Waals surface area contributed by atoms with Gasteiger partial charge in [-0.3, -0.25) is 0 Å². The molecule has 2 fully saturated rings. The zero-order chi connectivity index (χ0) is 24.9. The van der Waals surface area contributed by atoms with Gasteiger partial charge in [0.1, 0.15) is 5.54 Å². The van der Waals surface area contributed by atoms with Gasteiger partial charge in [-0.15, -0.1) is 0 Å². The van der Waals surface area contributed by atoms with Crippen LogP contribution in [0.15, 0.2) is 47.4 Å². The van der Waals surface area contributed by atoms with Crippen LogP contribution in [0.5, 0.6) is 0 Å². The predicted molar refractivity (Wildman–Crippen MR) is 130 cm³/mol. The van der Waals surface area contributed by atoms with E-state index in [1.807, 2.05) is 30.3 Å². The maximum atomic E-state index is 12.8. The van der Waals surface area contributed by atoms with Crippen LogP contribution in [-0.2, 0) is 21.2 Å². The summed E-state index contributed by atoms with van der Waals surface area (Å²) in [6.07, 6.45) is 1.84. The van der Waals surface area contributed by atoms with Gasteiger partial charge in [0.25, 0.3) is 0 Å². The number of rotatable bonds is 6. The Kier molecular flexibility index (Phi) is 8.72. The molecule has 2 saturated carbocycles. The van der Waals surface area contributed by atoms with Crippen LogP contribution in [0.2, 0.25) is 15.1 Å². The quantitative estimate of drug-likeness (QED) is 0.469. The van der Waals surface area contributed by atoms with E-state index in [1.165, 1.54) is 12.1 Å². The molecule has 0 spiro atoms. The molecule has 11 heteroatoms. The van der Waals surface area contributed by atoms with Crippen molar-refractivity contribution >= 4 is 50.7 Å². The molecule has 0 radical (unpaired) electrons. The Morgan fingerprint density at radius 1 is 1.12 bits per heavy atom. The minimum atomic E-state index is -3.50. The van der Waals surface area contributed by atoms with Crippen molar-refractivity contribution in [2.45, 2.75) is 60.5 Å². The molecule has 4 rings (SSSR count). The molecule has 1 amide bonds. The lowest BCUT2D eigenvalue weighted by atomic mass is 10.2. The van der Waals surface area contributed by atoms with Crippen molar-refractivity contribution in [2.24, 2.45) is 0 Å². The van der Waals surface area contributed by atoms with Gasteiger partial charge in [-0.2, -0.15) is 5.26 Å². The molecule has 2 aliphatic carbocycles. The highest BCUT2D eigenvalue weighted by Crippen LogP contribution is 2.36. The summed E-state index contributed by atoms with van der Waals surface area (Å²) < 4.78 is 31.5. The number of carboxylic acid groups (broad SMARTS) is 1. The van der Waals surface area contributed by atoms with Gasteiger partial charge >= 0.3 is 6.09 Å². The van der Waals surface area contributed by atoms with Crippen LogP contribution in [0.3, 0.4) is 0 Å². The molecule has 0 saturated heterocycles. The average molecular weight is 546 g/mol. The summed E-state index contributed by atoms with van der Waals surface area (Å²) >= 11 is 17.8. The number of hydrogen-bond acceptors (Lipinski definition) is 5. The summed E-state index contributed by atoms with van der Waals surface area (Å²) in [5, 5.41) is 19.4. The van der Waals surface area contributed by atoms with Crippen LogP contribution in [0.25, 0.3) is 0 Å². The Balaban J connectivity index is 0.000000302.